The van der Waals surface area contributed by atoms with Gasteiger partial charge >= 0.3 is 0 Å². The van der Waals surface area contributed by atoms with Crippen molar-refractivity contribution in [2.45, 2.75) is 20.0 Å². The highest BCUT2D eigenvalue weighted by atomic mass is 35.5. The molecule has 0 bridgehead atoms. The van der Waals surface area contributed by atoms with Gasteiger partial charge in [0.2, 0.25) is 5.88 Å². The Labute approximate surface area is 121 Å². The molecule has 0 radical (unpaired) electrons. The SMILES string of the molecule is CCc1cc(Cl)nc(OCc2ccc(C#N)cc2F)c1. The lowest BCUT2D eigenvalue weighted by Crippen LogP contribution is -2.01. The highest BCUT2D eigenvalue weighted by Crippen LogP contribution is 2.19. The lowest BCUT2D eigenvalue weighted by molar-refractivity contribution is 0.288. The second-order valence-electron chi connectivity index (χ2n) is 4.20. The first-order chi connectivity index (χ1) is 9.62. The number of halogens is 2. The summed E-state index contributed by atoms with van der Waals surface area (Å²) >= 11 is 5.88. The van der Waals surface area contributed by atoms with Gasteiger partial charge in [0.25, 0.3) is 0 Å². The number of benzene rings is 1. The van der Waals surface area contributed by atoms with Crippen LogP contribution in [0.3, 0.4) is 0 Å². The van der Waals surface area contributed by atoms with Crippen LogP contribution in [0.5, 0.6) is 5.88 Å². The molecule has 0 spiro atoms. The molecule has 0 N–H and O–H groups in total. The van der Waals surface area contributed by atoms with Gasteiger partial charge in [-0.1, -0.05) is 24.6 Å². The van der Waals surface area contributed by atoms with E-state index in [-0.39, 0.29) is 12.2 Å². The highest BCUT2D eigenvalue weighted by Gasteiger charge is 2.06. The van der Waals surface area contributed by atoms with Crippen molar-refractivity contribution in [1.29, 1.82) is 5.26 Å². The fraction of sp³-hybridized carbons (Fsp3) is 0.200. The Balaban J connectivity index is 2.13. The molecule has 20 heavy (non-hydrogen) atoms. The standard InChI is InChI=1S/C15H12ClFN2O/c1-2-10-6-14(16)19-15(7-10)20-9-12-4-3-11(8-18)5-13(12)17/h3-7H,2,9H2,1H3. The fourth-order valence-corrected chi connectivity index (χ4v) is 1.91. The molecule has 1 aromatic heterocycles. The minimum atomic E-state index is -0.471. The molecule has 0 fully saturated rings. The zero-order valence-corrected chi connectivity index (χ0v) is 11.6. The molecule has 0 atom stereocenters. The number of aromatic nitrogens is 1. The number of ether oxygens (including phenoxy) is 1. The quantitative estimate of drug-likeness (QED) is 0.803. The van der Waals surface area contributed by atoms with Crippen LogP contribution in [0.2, 0.25) is 5.15 Å². The second kappa shape index (κ2) is 6.36. The third-order valence-corrected chi connectivity index (χ3v) is 2.99. The van der Waals surface area contributed by atoms with Gasteiger partial charge in [0.05, 0.1) is 11.6 Å². The van der Waals surface area contributed by atoms with Gasteiger partial charge in [-0.2, -0.15) is 5.26 Å². The zero-order chi connectivity index (χ0) is 14.5. The van der Waals surface area contributed by atoms with E-state index in [2.05, 4.69) is 4.98 Å². The monoisotopic (exact) mass is 290 g/mol. The molecule has 1 heterocycles. The topological polar surface area (TPSA) is 45.9 Å². The third kappa shape index (κ3) is 3.46. The molecule has 0 aliphatic rings. The second-order valence-corrected chi connectivity index (χ2v) is 4.58. The van der Waals surface area contributed by atoms with E-state index < -0.39 is 5.82 Å². The van der Waals surface area contributed by atoms with Crippen molar-refractivity contribution in [3.05, 3.63) is 58.0 Å². The van der Waals surface area contributed by atoms with Crippen molar-refractivity contribution in [3.8, 4) is 11.9 Å². The summed E-state index contributed by atoms with van der Waals surface area (Å²) in [4.78, 5) is 4.03. The Morgan fingerprint density at radius 3 is 2.80 bits per heavy atom. The zero-order valence-electron chi connectivity index (χ0n) is 10.9. The van der Waals surface area contributed by atoms with Crippen molar-refractivity contribution in [2.24, 2.45) is 0 Å². The Bertz CT molecular complexity index is 667. The summed E-state index contributed by atoms with van der Waals surface area (Å²) in [6, 6.07) is 9.67. The number of hydrogen-bond acceptors (Lipinski definition) is 3. The van der Waals surface area contributed by atoms with E-state index in [1.54, 1.807) is 18.2 Å². The van der Waals surface area contributed by atoms with Gasteiger partial charge in [-0.05, 0) is 30.2 Å². The van der Waals surface area contributed by atoms with Crippen LogP contribution < -0.4 is 4.74 Å². The minimum absolute atomic E-state index is 0.0358. The Morgan fingerprint density at radius 2 is 2.15 bits per heavy atom. The van der Waals surface area contributed by atoms with Crippen LogP contribution in [0.1, 0.15) is 23.6 Å². The van der Waals surface area contributed by atoms with E-state index >= 15 is 0 Å². The van der Waals surface area contributed by atoms with Crippen LogP contribution in [-0.2, 0) is 13.0 Å². The predicted octanol–water partition coefficient (Wildman–Crippen LogP) is 3.89. The molecule has 0 aliphatic heterocycles. The highest BCUT2D eigenvalue weighted by molar-refractivity contribution is 6.29. The number of hydrogen-bond donors (Lipinski definition) is 0. The van der Waals surface area contributed by atoms with Crippen molar-refractivity contribution < 1.29 is 9.13 Å². The van der Waals surface area contributed by atoms with Crippen LogP contribution >= 0.6 is 11.6 Å². The molecule has 1 aromatic carbocycles. The molecular formula is C15H12ClFN2O. The van der Waals surface area contributed by atoms with Gasteiger partial charge in [0.15, 0.2) is 0 Å². The normalized spacial score (nSPS) is 10.1. The smallest absolute Gasteiger partial charge is 0.215 e. The number of nitriles is 1. The number of nitrogens with zero attached hydrogens (tertiary/aromatic N) is 2. The first-order valence-electron chi connectivity index (χ1n) is 6.10. The molecule has 0 saturated carbocycles. The maximum atomic E-state index is 13.7. The van der Waals surface area contributed by atoms with Gasteiger partial charge < -0.3 is 4.74 Å². The molecule has 5 heteroatoms. The molecule has 2 rings (SSSR count). The summed E-state index contributed by atoms with van der Waals surface area (Å²) in [6.45, 7) is 2.03. The fourth-order valence-electron chi connectivity index (χ4n) is 1.69. The van der Waals surface area contributed by atoms with E-state index in [0.717, 1.165) is 12.0 Å². The molecule has 2 aromatic rings. The molecule has 0 unspecified atom stereocenters. The maximum absolute atomic E-state index is 13.7. The minimum Gasteiger partial charge on any atom is -0.473 e. The van der Waals surface area contributed by atoms with Gasteiger partial charge in [-0.15, -0.1) is 0 Å². The summed E-state index contributed by atoms with van der Waals surface area (Å²) in [5, 5.41) is 9.02. The van der Waals surface area contributed by atoms with E-state index in [0.29, 0.717) is 16.6 Å². The molecular weight excluding hydrogens is 279 g/mol. The van der Waals surface area contributed by atoms with E-state index in [1.807, 2.05) is 13.0 Å². The van der Waals surface area contributed by atoms with Gasteiger partial charge in [0, 0.05) is 11.6 Å². The lowest BCUT2D eigenvalue weighted by atomic mass is 10.1. The van der Waals surface area contributed by atoms with Crippen LogP contribution in [0.4, 0.5) is 4.39 Å². The van der Waals surface area contributed by atoms with Crippen molar-refractivity contribution in [1.82, 2.24) is 4.98 Å². The summed E-state index contributed by atoms with van der Waals surface area (Å²) < 4.78 is 19.1. The third-order valence-electron chi connectivity index (χ3n) is 2.80. The molecule has 0 amide bonds. The van der Waals surface area contributed by atoms with Gasteiger partial charge in [-0.3, -0.25) is 0 Å². The van der Waals surface area contributed by atoms with Crippen LogP contribution in [0.25, 0.3) is 0 Å². The number of pyridine rings is 1. The molecule has 0 saturated heterocycles. The summed E-state index contributed by atoms with van der Waals surface area (Å²) in [5.74, 6) is -0.111. The van der Waals surface area contributed by atoms with E-state index in [1.165, 1.54) is 12.1 Å². The lowest BCUT2D eigenvalue weighted by Gasteiger charge is -2.08. The first kappa shape index (κ1) is 14.3. The summed E-state index contributed by atoms with van der Waals surface area (Å²) in [6.07, 6.45) is 0.809. The van der Waals surface area contributed by atoms with Crippen LogP contribution in [-0.4, -0.2) is 4.98 Å². The van der Waals surface area contributed by atoms with E-state index in [4.69, 9.17) is 21.6 Å². The first-order valence-corrected chi connectivity index (χ1v) is 6.48. The average Bonchev–Trinajstić information content (AvgIpc) is 2.45. The summed E-state index contributed by atoms with van der Waals surface area (Å²) in [5.41, 5.74) is 1.64. The molecule has 0 aliphatic carbocycles. The maximum Gasteiger partial charge on any atom is 0.215 e. The van der Waals surface area contributed by atoms with Gasteiger partial charge in [-0.25, -0.2) is 9.37 Å². The Kier molecular flexibility index (Phi) is 4.54. The van der Waals surface area contributed by atoms with Crippen LogP contribution in [0.15, 0.2) is 30.3 Å². The molecule has 3 nitrogen and oxygen atoms in total. The average molecular weight is 291 g/mol. The number of rotatable bonds is 4. The predicted molar refractivity (Wildman–Crippen MR) is 74.1 cm³/mol. The molecule has 102 valence electrons. The Hall–Kier alpha value is -2.12. The Morgan fingerprint density at radius 1 is 1.35 bits per heavy atom. The van der Waals surface area contributed by atoms with Crippen molar-refractivity contribution in [3.63, 3.8) is 0 Å². The van der Waals surface area contributed by atoms with E-state index in [9.17, 15) is 4.39 Å². The number of aryl methyl sites for hydroxylation is 1. The van der Waals surface area contributed by atoms with Gasteiger partial charge in [0.1, 0.15) is 17.6 Å². The largest absolute Gasteiger partial charge is 0.473 e. The summed E-state index contributed by atoms with van der Waals surface area (Å²) in [7, 11) is 0. The van der Waals surface area contributed by atoms with Crippen molar-refractivity contribution >= 4 is 11.6 Å². The van der Waals surface area contributed by atoms with Crippen molar-refractivity contribution in [2.75, 3.05) is 0 Å². The van der Waals surface area contributed by atoms with Crippen LogP contribution in [0, 0.1) is 17.1 Å².